The number of phenolic OH excluding ortho intramolecular Hbond substituents is 1. The summed E-state index contributed by atoms with van der Waals surface area (Å²) in [5, 5.41) is 9.32. The van der Waals surface area contributed by atoms with E-state index >= 15 is 0 Å². The molecule has 1 aliphatic rings. The van der Waals surface area contributed by atoms with Gasteiger partial charge in [-0.05, 0) is 49.1 Å². The molecule has 0 saturated heterocycles. The van der Waals surface area contributed by atoms with Crippen molar-refractivity contribution in [3.63, 3.8) is 0 Å². The van der Waals surface area contributed by atoms with E-state index in [1.807, 2.05) is 0 Å². The summed E-state index contributed by atoms with van der Waals surface area (Å²) in [7, 11) is 1.24. The lowest BCUT2D eigenvalue weighted by atomic mass is 10.0. The van der Waals surface area contributed by atoms with Gasteiger partial charge in [0.25, 0.3) is 11.8 Å². The Hall–Kier alpha value is -3.15. The van der Waals surface area contributed by atoms with Crippen LogP contribution in [0.2, 0.25) is 0 Å². The summed E-state index contributed by atoms with van der Waals surface area (Å²) in [5.74, 6) is -1.35. The normalized spacial score (nSPS) is 14.3. The van der Waals surface area contributed by atoms with Gasteiger partial charge in [-0.1, -0.05) is 24.3 Å². The number of hydrogen-bond acceptors (Lipinski definition) is 5. The Bertz CT molecular complexity index is 809. The molecule has 3 rings (SSSR count). The third-order valence-corrected chi connectivity index (χ3v) is 4.49. The molecule has 2 amide bonds. The molecule has 0 saturated carbocycles. The van der Waals surface area contributed by atoms with Crippen LogP contribution in [0, 0.1) is 0 Å². The highest BCUT2D eigenvalue weighted by molar-refractivity contribution is 6.22. The Morgan fingerprint density at radius 2 is 1.62 bits per heavy atom. The predicted octanol–water partition coefficient (Wildman–Crippen LogP) is 2.55. The van der Waals surface area contributed by atoms with E-state index in [1.165, 1.54) is 7.11 Å². The molecule has 6 heteroatoms. The summed E-state index contributed by atoms with van der Waals surface area (Å²) in [6.07, 6.45) is 1.54. The average Bonchev–Trinajstić information content (AvgIpc) is 2.91. The Labute approximate surface area is 151 Å². The van der Waals surface area contributed by atoms with Crippen molar-refractivity contribution in [2.45, 2.75) is 25.3 Å². The number of imide groups is 1. The maximum Gasteiger partial charge on any atom is 0.329 e. The number of methoxy groups -OCH3 is 1. The highest BCUT2D eigenvalue weighted by Gasteiger charge is 2.42. The van der Waals surface area contributed by atoms with Gasteiger partial charge in [0.2, 0.25) is 0 Å². The number of aromatic hydroxyl groups is 1. The molecular formula is C20H19NO5. The molecule has 0 aromatic heterocycles. The molecule has 0 radical (unpaired) electrons. The number of carbonyl (C=O) groups excluding carboxylic acids is 3. The van der Waals surface area contributed by atoms with Gasteiger partial charge in [-0.2, -0.15) is 0 Å². The molecule has 1 heterocycles. The minimum Gasteiger partial charge on any atom is -0.508 e. The molecule has 0 unspecified atom stereocenters. The van der Waals surface area contributed by atoms with Gasteiger partial charge in [0.15, 0.2) is 0 Å². The van der Waals surface area contributed by atoms with Crippen molar-refractivity contribution in [2.24, 2.45) is 0 Å². The highest BCUT2D eigenvalue weighted by Crippen LogP contribution is 2.27. The summed E-state index contributed by atoms with van der Waals surface area (Å²) in [6.45, 7) is 0. The van der Waals surface area contributed by atoms with Crippen molar-refractivity contribution in [1.82, 2.24) is 4.90 Å². The molecule has 2 aromatic carbocycles. The maximum absolute atomic E-state index is 12.6. The Kier molecular flexibility index (Phi) is 5.02. The Morgan fingerprint density at radius 3 is 2.15 bits per heavy atom. The molecule has 0 bridgehead atoms. The van der Waals surface area contributed by atoms with E-state index in [0.717, 1.165) is 10.5 Å². The van der Waals surface area contributed by atoms with Crippen molar-refractivity contribution in [1.29, 1.82) is 0 Å². The van der Waals surface area contributed by atoms with Gasteiger partial charge in [-0.15, -0.1) is 0 Å². The number of esters is 1. The summed E-state index contributed by atoms with van der Waals surface area (Å²) < 4.78 is 4.82. The van der Waals surface area contributed by atoms with Crippen LogP contribution in [0.5, 0.6) is 5.75 Å². The second-order valence-corrected chi connectivity index (χ2v) is 6.12. The van der Waals surface area contributed by atoms with Crippen LogP contribution in [0.1, 0.15) is 39.1 Å². The smallest absolute Gasteiger partial charge is 0.329 e. The van der Waals surface area contributed by atoms with Crippen molar-refractivity contribution in [3.05, 3.63) is 65.2 Å². The third kappa shape index (κ3) is 3.31. The number of phenols is 1. The SMILES string of the molecule is COC(=O)[C@H](CCCc1ccc(O)cc1)N1C(=O)c2ccccc2C1=O. The lowest BCUT2D eigenvalue weighted by molar-refractivity contribution is -0.145. The largest absolute Gasteiger partial charge is 0.508 e. The zero-order valence-corrected chi connectivity index (χ0v) is 14.3. The number of carbonyl (C=O) groups is 3. The minimum absolute atomic E-state index is 0.187. The van der Waals surface area contributed by atoms with Crippen molar-refractivity contribution < 1.29 is 24.2 Å². The van der Waals surface area contributed by atoms with Gasteiger partial charge in [0, 0.05) is 0 Å². The second kappa shape index (κ2) is 7.39. The highest BCUT2D eigenvalue weighted by atomic mass is 16.5. The van der Waals surface area contributed by atoms with Gasteiger partial charge in [0.1, 0.15) is 11.8 Å². The van der Waals surface area contributed by atoms with Crippen molar-refractivity contribution in [3.8, 4) is 5.75 Å². The first-order valence-electron chi connectivity index (χ1n) is 8.35. The Morgan fingerprint density at radius 1 is 1.04 bits per heavy atom. The number of rotatable bonds is 6. The number of fused-ring (bicyclic) bond motifs is 1. The van der Waals surface area contributed by atoms with Gasteiger partial charge < -0.3 is 9.84 Å². The van der Waals surface area contributed by atoms with Crippen LogP contribution < -0.4 is 0 Å². The van der Waals surface area contributed by atoms with Crippen LogP contribution >= 0.6 is 0 Å². The number of ether oxygens (including phenoxy) is 1. The van der Waals surface area contributed by atoms with Gasteiger partial charge >= 0.3 is 5.97 Å². The standard InChI is InChI=1S/C20H19NO5/c1-26-20(25)17(8-4-5-13-9-11-14(22)12-10-13)21-18(23)15-6-2-3-7-16(15)19(21)24/h2-3,6-7,9-12,17,22H,4-5,8H2,1H3/t17-/m0/s1. The van der Waals surface area contributed by atoms with Crippen molar-refractivity contribution in [2.75, 3.05) is 7.11 Å². The quantitative estimate of drug-likeness (QED) is 0.637. The fraction of sp³-hybridized carbons (Fsp3) is 0.250. The summed E-state index contributed by atoms with van der Waals surface area (Å²) >= 11 is 0. The molecule has 0 aliphatic carbocycles. The molecule has 1 atom stereocenters. The van der Waals surface area contributed by atoms with Crippen LogP contribution in [0.25, 0.3) is 0 Å². The molecule has 0 fully saturated rings. The minimum atomic E-state index is -0.954. The van der Waals surface area contributed by atoms with Crippen LogP contribution in [-0.2, 0) is 16.0 Å². The van der Waals surface area contributed by atoms with Crippen LogP contribution in [0.3, 0.4) is 0 Å². The molecule has 0 spiro atoms. The molecule has 1 aliphatic heterocycles. The lowest BCUT2D eigenvalue weighted by Gasteiger charge is -2.24. The van der Waals surface area contributed by atoms with E-state index in [-0.39, 0.29) is 5.75 Å². The second-order valence-electron chi connectivity index (χ2n) is 6.12. The zero-order chi connectivity index (χ0) is 18.7. The molecular weight excluding hydrogens is 334 g/mol. The summed E-state index contributed by atoms with van der Waals surface area (Å²) in [6, 6.07) is 12.4. The molecule has 26 heavy (non-hydrogen) atoms. The van der Waals surface area contributed by atoms with Crippen LogP contribution in [0.15, 0.2) is 48.5 Å². The first-order chi connectivity index (χ1) is 12.5. The average molecular weight is 353 g/mol. The molecule has 6 nitrogen and oxygen atoms in total. The molecule has 1 N–H and O–H groups in total. The van der Waals surface area contributed by atoms with E-state index in [9.17, 15) is 19.5 Å². The first kappa shape index (κ1) is 17.7. The molecule has 2 aromatic rings. The topological polar surface area (TPSA) is 83.9 Å². The lowest BCUT2D eigenvalue weighted by Crippen LogP contribution is -2.45. The van der Waals surface area contributed by atoms with Gasteiger partial charge in [-0.3, -0.25) is 14.5 Å². The van der Waals surface area contributed by atoms with Gasteiger partial charge in [-0.25, -0.2) is 4.79 Å². The number of aryl methyl sites for hydroxylation is 1. The number of benzene rings is 2. The fourth-order valence-electron chi connectivity index (χ4n) is 3.14. The monoisotopic (exact) mass is 353 g/mol. The zero-order valence-electron chi connectivity index (χ0n) is 14.3. The predicted molar refractivity (Wildman–Crippen MR) is 93.8 cm³/mol. The molecule has 134 valence electrons. The first-order valence-corrected chi connectivity index (χ1v) is 8.35. The van der Waals surface area contributed by atoms with E-state index < -0.39 is 23.8 Å². The van der Waals surface area contributed by atoms with Crippen molar-refractivity contribution >= 4 is 17.8 Å². The van der Waals surface area contributed by atoms with E-state index in [4.69, 9.17) is 4.74 Å². The van der Waals surface area contributed by atoms with E-state index in [1.54, 1.807) is 48.5 Å². The maximum atomic E-state index is 12.6. The number of nitrogens with zero attached hydrogens (tertiary/aromatic N) is 1. The van der Waals surface area contributed by atoms with Gasteiger partial charge in [0.05, 0.1) is 18.2 Å². The van der Waals surface area contributed by atoms with Crippen LogP contribution in [0.4, 0.5) is 0 Å². The Balaban J connectivity index is 1.75. The van der Waals surface area contributed by atoms with E-state index in [2.05, 4.69) is 0 Å². The fourth-order valence-corrected chi connectivity index (χ4v) is 3.14. The summed E-state index contributed by atoms with van der Waals surface area (Å²) in [4.78, 5) is 38.5. The number of hydrogen-bond donors (Lipinski definition) is 1. The van der Waals surface area contributed by atoms with Crippen LogP contribution in [-0.4, -0.2) is 40.9 Å². The van der Waals surface area contributed by atoms with E-state index in [0.29, 0.717) is 30.4 Å². The number of amides is 2. The summed E-state index contributed by atoms with van der Waals surface area (Å²) in [5.41, 5.74) is 1.61. The third-order valence-electron chi connectivity index (χ3n) is 4.49.